The van der Waals surface area contributed by atoms with E-state index in [9.17, 15) is 9.59 Å². The second-order valence-electron chi connectivity index (χ2n) is 6.40. The van der Waals surface area contributed by atoms with Crippen LogP contribution in [0.1, 0.15) is 28.4 Å². The SMILES string of the molecule is CCn1cccc(C(=O)N/N=C\c2ccc(OCc3ccccc3)c(OC)c2)c1=O. The number of methoxy groups -OCH3 is 1. The van der Waals surface area contributed by atoms with Gasteiger partial charge in [0.1, 0.15) is 12.2 Å². The van der Waals surface area contributed by atoms with Crippen molar-refractivity contribution in [3.05, 3.63) is 93.9 Å². The first kappa shape index (κ1) is 20.9. The van der Waals surface area contributed by atoms with Crippen LogP contribution in [0.4, 0.5) is 0 Å². The fraction of sp³-hybridized carbons (Fsp3) is 0.174. The van der Waals surface area contributed by atoms with E-state index in [0.717, 1.165) is 5.56 Å². The van der Waals surface area contributed by atoms with Gasteiger partial charge in [0.2, 0.25) is 0 Å². The number of hydrogen-bond acceptors (Lipinski definition) is 5. The lowest BCUT2D eigenvalue weighted by molar-refractivity contribution is 0.0953. The molecule has 3 aromatic rings. The molecule has 0 spiro atoms. The molecule has 0 fully saturated rings. The Balaban J connectivity index is 1.65. The summed E-state index contributed by atoms with van der Waals surface area (Å²) in [5.41, 5.74) is 3.83. The lowest BCUT2D eigenvalue weighted by atomic mass is 10.2. The summed E-state index contributed by atoms with van der Waals surface area (Å²) in [6.45, 7) is 2.75. The molecule has 1 aromatic heterocycles. The van der Waals surface area contributed by atoms with E-state index in [1.165, 1.54) is 16.8 Å². The highest BCUT2D eigenvalue weighted by Crippen LogP contribution is 2.28. The van der Waals surface area contributed by atoms with Crippen LogP contribution in [0, 0.1) is 0 Å². The van der Waals surface area contributed by atoms with E-state index in [4.69, 9.17) is 9.47 Å². The molecule has 1 amide bonds. The highest BCUT2D eigenvalue weighted by Gasteiger charge is 2.11. The molecule has 0 bridgehead atoms. The number of carbonyl (C=O) groups excluding carboxylic acids is 1. The molecule has 7 nitrogen and oxygen atoms in total. The number of hydrogen-bond donors (Lipinski definition) is 1. The van der Waals surface area contributed by atoms with Crippen LogP contribution in [0.2, 0.25) is 0 Å². The highest BCUT2D eigenvalue weighted by atomic mass is 16.5. The van der Waals surface area contributed by atoms with Crippen LogP contribution < -0.4 is 20.5 Å². The predicted octanol–water partition coefficient (Wildman–Crippen LogP) is 3.22. The van der Waals surface area contributed by atoms with Gasteiger partial charge in [-0.05, 0) is 48.4 Å². The van der Waals surface area contributed by atoms with Crippen molar-refractivity contribution in [3.8, 4) is 11.5 Å². The third-order valence-corrected chi connectivity index (χ3v) is 4.41. The molecule has 3 rings (SSSR count). The van der Waals surface area contributed by atoms with E-state index in [2.05, 4.69) is 10.5 Å². The number of nitrogens with one attached hydrogen (secondary N) is 1. The molecule has 0 aliphatic heterocycles. The van der Waals surface area contributed by atoms with Gasteiger partial charge >= 0.3 is 0 Å². The van der Waals surface area contributed by atoms with E-state index >= 15 is 0 Å². The zero-order valence-corrected chi connectivity index (χ0v) is 16.9. The molecule has 154 valence electrons. The number of nitrogens with zero attached hydrogens (tertiary/aromatic N) is 2. The number of amides is 1. The first-order chi connectivity index (χ1) is 14.6. The number of aromatic nitrogens is 1. The van der Waals surface area contributed by atoms with Crippen molar-refractivity contribution < 1.29 is 14.3 Å². The Hall–Kier alpha value is -3.87. The quantitative estimate of drug-likeness (QED) is 0.461. The third kappa shape index (κ3) is 5.14. The standard InChI is InChI=1S/C23H23N3O4/c1-3-26-13-7-10-19(23(26)28)22(27)25-24-15-18-11-12-20(21(14-18)29-2)30-16-17-8-5-4-6-9-17/h4-15H,3,16H2,1-2H3,(H,25,27)/b24-15-. The Morgan fingerprint density at radius 3 is 2.63 bits per heavy atom. The molecule has 7 heteroatoms. The minimum absolute atomic E-state index is 0.0405. The summed E-state index contributed by atoms with van der Waals surface area (Å²) >= 11 is 0. The van der Waals surface area contributed by atoms with Crippen molar-refractivity contribution >= 4 is 12.1 Å². The first-order valence-electron chi connectivity index (χ1n) is 9.50. The Morgan fingerprint density at radius 1 is 1.10 bits per heavy atom. The average molecular weight is 405 g/mol. The van der Waals surface area contributed by atoms with Gasteiger partial charge in [-0.25, -0.2) is 5.43 Å². The minimum Gasteiger partial charge on any atom is -0.493 e. The van der Waals surface area contributed by atoms with Gasteiger partial charge < -0.3 is 14.0 Å². The van der Waals surface area contributed by atoms with Crippen LogP contribution in [-0.2, 0) is 13.2 Å². The lowest BCUT2D eigenvalue weighted by Crippen LogP contribution is -2.30. The Labute approximate surface area is 174 Å². The summed E-state index contributed by atoms with van der Waals surface area (Å²) in [6.07, 6.45) is 3.11. The van der Waals surface area contributed by atoms with Crippen molar-refractivity contribution in [2.24, 2.45) is 5.10 Å². The van der Waals surface area contributed by atoms with E-state index in [0.29, 0.717) is 30.2 Å². The van der Waals surface area contributed by atoms with Gasteiger partial charge in [0.05, 0.1) is 13.3 Å². The fourth-order valence-electron chi connectivity index (χ4n) is 2.80. The molecule has 1 N–H and O–H groups in total. The van der Waals surface area contributed by atoms with Gasteiger partial charge in [0, 0.05) is 12.7 Å². The van der Waals surface area contributed by atoms with Gasteiger partial charge in [-0.3, -0.25) is 9.59 Å². The molecule has 0 aliphatic rings. The van der Waals surface area contributed by atoms with Crippen LogP contribution in [0.15, 0.2) is 76.8 Å². The Morgan fingerprint density at radius 2 is 1.90 bits per heavy atom. The Kier molecular flexibility index (Phi) is 7.00. The van der Waals surface area contributed by atoms with Crippen molar-refractivity contribution in [3.63, 3.8) is 0 Å². The number of carbonyl (C=O) groups is 1. The molecule has 0 atom stereocenters. The topological polar surface area (TPSA) is 81.9 Å². The summed E-state index contributed by atoms with van der Waals surface area (Å²) in [7, 11) is 1.56. The Bertz CT molecular complexity index is 1090. The lowest BCUT2D eigenvalue weighted by Gasteiger charge is -2.11. The molecular weight excluding hydrogens is 382 g/mol. The van der Waals surface area contributed by atoms with E-state index in [1.54, 1.807) is 37.6 Å². The number of rotatable bonds is 8. The molecule has 2 aromatic carbocycles. The molecular formula is C23H23N3O4. The largest absolute Gasteiger partial charge is 0.493 e. The van der Waals surface area contributed by atoms with E-state index < -0.39 is 5.91 Å². The van der Waals surface area contributed by atoms with Crippen LogP contribution in [-0.4, -0.2) is 23.8 Å². The summed E-state index contributed by atoms with van der Waals surface area (Å²) < 4.78 is 12.7. The molecule has 0 aliphatic carbocycles. The predicted molar refractivity (Wildman–Crippen MR) is 115 cm³/mol. The normalized spacial score (nSPS) is 10.7. The minimum atomic E-state index is -0.561. The average Bonchev–Trinajstić information content (AvgIpc) is 2.78. The van der Waals surface area contributed by atoms with Crippen molar-refractivity contribution in [2.45, 2.75) is 20.1 Å². The number of pyridine rings is 1. The molecule has 1 heterocycles. The monoisotopic (exact) mass is 405 g/mol. The maximum Gasteiger partial charge on any atom is 0.276 e. The second-order valence-corrected chi connectivity index (χ2v) is 6.40. The first-order valence-corrected chi connectivity index (χ1v) is 9.50. The fourth-order valence-corrected chi connectivity index (χ4v) is 2.80. The van der Waals surface area contributed by atoms with Gasteiger partial charge in [0.15, 0.2) is 11.5 Å². The summed E-state index contributed by atoms with van der Waals surface area (Å²) in [5, 5.41) is 3.94. The molecule has 0 saturated carbocycles. The van der Waals surface area contributed by atoms with Crippen molar-refractivity contribution in [2.75, 3.05) is 7.11 Å². The highest BCUT2D eigenvalue weighted by molar-refractivity contribution is 5.94. The molecule has 0 saturated heterocycles. The number of benzene rings is 2. The zero-order valence-electron chi connectivity index (χ0n) is 16.9. The summed E-state index contributed by atoms with van der Waals surface area (Å²) in [4.78, 5) is 24.4. The number of hydrazone groups is 1. The van der Waals surface area contributed by atoms with Crippen LogP contribution >= 0.6 is 0 Å². The molecule has 0 unspecified atom stereocenters. The van der Waals surface area contributed by atoms with Crippen LogP contribution in [0.25, 0.3) is 0 Å². The van der Waals surface area contributed by atoms with Gasteiger partial charge in [-0.2, -0.15) is 5.10 Å². The maximum absolute atomic E-state index is 12.2. The van der Waals surface area contributed by atoms with Gasteiger partial charge in [-0.15, -0.1) is 0 Å². The summed E-state index contributed by atoms with van der Waals surface area (Å²) in [6, 6.07) is 18.3. The van der Waals surface area contributed by atoms with Gasteiger partial charge in [0.25, 0.3) is 11.5 Å². The van der Waals surface area contributed by atoms with Crippen molar-refractivity contribution in [1.29, 1.82) is 0 Å². The maximum atomic E-state index is 12.2. The molecule has 30 heavy (non-hydrogen) atoms. The van der Waals surface area contributed by atoms with E-state index in [-0.39, 0.29) is 11.1 Å². The summed E-state index contributed by atoms with van der Waals surface area (Å²) in [5.74, 6) is 0.593. The zero-order chi connectivity index (χ0) is 21.3. The van der Waals surface area contributed by atoms with Crippen LogP contribution in [0.3, 0.4) is 0 Å². The smallest absolute Gasteiger partial charge is 0.276 e. The van der Waals surface area contributed by atoms with E-state index in [1.807, 2.05) is 37.3 Å². The number of aryl methyl sites for hydroxylation is 1. The van der Waals surface area contributed by atoms with Crippen LogP contribution in [0.5, 0.6) is 11.5 Å². The second kappa shape index (κ2) is 10.1. The number of ether oxygens (including phenoxy) is 2. The van der Waals surface area contributed by atoms with Crippen molar-refractivity contribution in [1.82, 2.24) is 9.99 Å². The molecule has 0 radical (unpaired) electrons. The van der Waals surface area contributed by atoms with Gasteiger partial charge in [-0.1, -0.05) is 30.3 Å². The third-order valence-electron chi connectivity index (χ3n) is 4.41.